The van der Waals surface area contributed by atoms with Gasteiger partial charge in [-0.3, -0.25) is 5.32 Å². The smallest absolute Gasteiger partial charge is 0.339 e. The van der Waals surface area contributed by atoms with Gasteiger partial charge in [-0.2, -0.15) is 0 Å². The number of hydrogen-bond donors (Lipinski definition) is 5. The molecular formula is C29H31FN2O6. The van der Waals surface area contributed by atoms with Crippen LogP contribution in [0.4, 0.5) is 4.39 Å². The second kappa shape index (κ2) is 12.1. The van der Waals surface area contributed by atoms with Gasteiger partial charge in [0.15, 0.2) is 0 Å². The van der Waals surface area contributed by atoms with Crippen molar-refractivity contribution in [2.24, 2.45) is 0 Å². The molecule has 0 aliphatic heterocycles. The highest BCUT2D eigenvalue weighted by molar-refractivity contribution is 5.92. The Balaban J connectivity index is 1.62. The largest absolute Gasteiger partial charge is 0.496 e. The van der Waals surface area contributed by atoms with Gasteiger partial charge in [-0.25, -0.2) is 9.18 Å². The molecule has 1 heterocycles. The highest BCUT2D eigenvalue weighted by atomic mass is 19.1. The second-order valence-electron chi connectivity index (χ2n) is 8.98. The van der Waals surface area contributed by atoms with Crippen LogP contribution in [-0.2, 0) is 6.42 Å². The molecule has 3 aromatic carbocycles. The lowest BCUT2D eigenvalue weighted by atomic mass is 9.99. The van der Waals surface area contributed by atoms with Crippen LogP contribution in [0.1, 0.15) is 41.1 Å². The number of carbonyl (C=O) groups is 1. The van der Waals surface area contributed by atoms with E-state index in [2.05, 4.69) is 10.3 Å². The van der Waals surface area contributed by atoms with Crippen LogP contribution >= 0.6 is 0 Å². The van der Waals surface area contributed by atoms with Crippen LogP contribution in [0, 0.1) is 5.82 Å². The van der Waals surface area contributed by atoms with E-state index in [4.69, 9.17) is 9.47 Å². The van der Waals surface area contributed by atoms with Gasteiger partial charge in [-0.1, -0.05) is 19.1 Å². The summed E-state index contributed by atoms with van der Waals surface area (Å²) in [5.41, 5.74) is 3.50. The number of ether oxygens (including phenoxy) is 2. The van der Waals surface area contributed by atoms with Gasteiger partial charge < -0.3 is 29.8 Å². The van der Waals surface area contributed by atoms with Gasteiger partial charge >= 0.3 is 5.97 Å². The van der Waals surface area contributed by atoms with E-state index in [0.717, 1.165) is 17.5 Å². The molecule has 0 saturated heterocycles. The van der Waals surface area contributed by atoms with Crippen molar-refractivity contribution in [1.29, 1.82) is 0 Å². The van der Waals surface area contributed by atoms with Crippen LogP contribution in [0.25, 0.3) is 22.0 Å². The van der Waals surface area contributed by atoms with Gasteiger partial charge in [0.05, 0.1) is 20.3 Å². The van der Waals surface area contributed by atoms with Crippen molar-refractivity contribution in [2.75, 3.05) is 20.3 Å². The maximum atomic E-state index is 13.8. The number of carboxylic acids is 1. The predicted octanol–water partition coefficient (Wildman–Crippen LogP) is 4.65. The summed E-state index contributed by atoms with van der Waals surface area (Å²) in [6.45, 7) is 2.16. The Morgan fingerprint density at radius 1 is 1.08 bits per heavy atom. The number of fused-ring (bicyclic) bond motifs is 1. The number of carboxylic acid groups (broad SMARTS) is 1. The Hall–Kier alpha value is -3.92. The summed E-state index contributed by atoms with van der Waals surface area (Å²) in [6, 6.07) is 14.0. The topological polar surface area (TPSA) is 124 Å². The summed E-state index contributed by atoms with van der Waals surface area (Å²) in [5, 5.41) is 34.4. The van der Waals surface area contributed by atoms with Crippen LogP contribution in [0.15, 0.2) is 60.8 Å². The number of methoxy groups -OCH3 is 1. The molecule has 0 aliphatic carbocycles. The zero-order valence-electron chi connectivity index (χ0n) is 21.2. The first-order valence-electron chi connectivity index (χ1n) is 12.3. The summed E-state index contributed by atoms with van der Waals surface area (Å²) in [7, 11) is 1.41. The van der Waals surface area contributed by atoms with Crippen LogP contribution in [-0.4, -0.2) is 52.6 Å². The zero-order chi connectivity index (χ0) is 27.2. The van der Waals surface area contributed by atoms with Gasteiger partial charge in [-0.15, -0.1) is 0 Å². The minimum Gasteiger partial charge on any atom is -0.496 e. The number of benzene rings is 3. The van der Waals surface area contributed by atoms with Crippen molar-refractivity contribution in [3.05, 3.63) is 83.3 Å². The Labute approximate surface area is 219 Å². The van der Waals surface area contributed by atoms with Crippen LogP contribution in [0.2, 0.25) is 0 Å². The third-order valence-corrected chi connectivity index (χ3v) is 6.34. The first-order valence-corrected chi connectivity index (χ1v) is 12.3. The number of H-pyrrole nitrogens is 1. The van der Waals surface area contributed by atoms with E-state index in [0.29, 0.717) is 40.9 Å². The summed E-state index contributed by atoms with van der Waals surface area (Å²) >= 11 is 0. The number of rotatable bonds is 12. The van der Waals surface area contributed by atoms with E-state index in [1.54, 1.807) is 36.5 Å². The molecule has 200 valence electrons. The first-order chi connectivity index (χ1) is 18.3. The van der Waals surface area contributed by atoms with E-state index in [9.17, 15) is 24.5 Å². The van der Waals surface area contributed by atoms with Crippen LogP contribution in [0.5, 0.6) is 11.5 Å². The fourth-order valence-corrected chi connectivity index (χ4v) is 4.41. The molecule has 0 bridgehead atoms. The average Bonchev–Trinajstić information content (AvgIpc) is 3.32. The van der Waals surface area contributed by atoms with Crippen LogP contribution < -0.4 is 14.8 Å². The lowest BCUT2D eigenvalue weighted by molar-refractivity contribution is 0.0693. The van der Waals surface area contributed by atoms with Gasteiger partial charge in [-0.05, 0) is 72.0 Å². The summed E-state index contributed by atoms with van der Waals surface area (Å²) in [6.07, 6.45) is 1.69. The third kappa shape index (κ3) is 5.96. The normalized spacial score (nSPS) is 12.9. The molecule has 0 radical (unpaired) electrons. The minimum absolute atomic E-state index is 0.0454. The lowest BCUT2D eigenvalue weighted by Crippen LogP contribution is -2.37. The number of aromatic amines is 1. The number of nitrogens with one attached hydrogen (secondary N) is 2. The average molecular weight is 523 g/mol. The highest BCUT2D eigenvalue weighted by Crippen LogP contribution is 2.33. The van der Waals surface area contributed by atoms with Gasteiger partial charge in [0.25, 0.3) is 0 Å². The molecule has 0 fully saturated rings. The van der Waals surface area contributed by atoms with Crippen molar-refractivity contribution in [3.8, 4) is 22.6 Å². The van der Waals surface area contributed by atoms with E-state index in [1.165, 1.54) is 25.3 Å². The van der Waals surface area contributed by atoms with E-state index >= 15 is 0 Å². The molecule has 38 heavy (non-hydrogen) atoms. The summed E-state index contributed by atoms with van der Waals surface area (Å²) < 4.78 is 24.9. The molecule has 4 aromatic rings. The molecule has 0 amide bonds. The Morgan fingerprint density at radius 3 is 2.55 bits per heavy atom. The molecule has 1 aromatic heterocycles. The summed E-state index contributed by atoms with van der Waals surface area (Å²) in [4.78, 5) is 14.6. The molecule has 2 atom stereocenters. The van der Waals surface area contributed by atoms with Crippen molar-refractivity contribution in [2.45, 2.75) is 32.0 Å². The van der Waals surface area contributed by atoms with E-state index < -0.39 is 18.2 Å². The quantitative estimate of drug-likeness (QED) is 0.172. The third-order valence-electron chi connectivity index (χ3n) is 6.34. The van der Waals surface area contributed by atoms with Crippen molar-refractivity contribution >= 4 is 16.9 Å². The number of hydrogen-bond acceptors (Lipinski definition) is 6. The molecule has 0 aliphatic rings. The zero-order valence-corrected chi connectivity index (χ0v) is 21.2. The Bertz CT molecular complexity index is 1420. The fraction of sp³-hybridized carbons (Fsp3) is 0.276. The Morgan fingerprint density at radius 2 is 1.84 bits per heavy atom. The molecule has 1 unspecified atom stereocenters. The maximum absolute atomic E-state index is 13.8. The molecule has 8 nitrogen and oxygen atoms in total. The van der Waals surface area contributed by atoms with Crippen molar-refractivity contribution in [1.82, 2.24) is 10.3 Å². The summed E-state index contributed by atoms with van der Waals surface area (Å²) in [5.74, 6) is -0.743. The van der Waals surface area contributed by atoms with Gasteiger partial charge in [0, 0.05) is 28.7 Å². The van der Waals surface area contributed by atoms with Crippen molar-refractivity contribution < 1.29 is 34.0 Å². The van der Waals surface area contributed by atoms with E-state index in [1.807, 2.05) is 13.0 Å². The lowest BCUT2D eigenvalue weighted by Gasteiger charge is -2.23. The standard InChI is InChI=1S/C29H31FN2O6/c1-3-10-38-26-9-5-17(18-4-7-22(29(35)36)27(13-18)37-2)12-24(26)28(34)32-21(16-33)11-19-15-31-25-8-6-20(30)14-23(19)25/h4-9,12-15,21,28,31-34H,3,10-11,16H2,1-2H3,(H,35,36)/t21?,28-/m0/s1. The number of aliphatic hydroxyl groups is 2. The molecule has 4 rings (SSSR count). The molecule has 0 spiro atoms. The second-order valence-corrected chi connectivity index (χ2v) is 8.98. The molecule has 0 saturated carbocycles. The van der Waals surface area contributed by atoms with Gasteiger partial charge in [0.2, 0.25) is 0 Å². The minimum atomic E-state index is -1.19. The maximum Gasteiger partial charge on any atom is 0.339 e. The SMILES string of the molecule is CCCOc1ccc(-c2ccc(C(=O)O)c(OC)c2)cc1[C@H](O)NC(CO)Cc1c[nH]c2ccc(F)cc12. The van der Waals surface area contributed by atoms with Crippen LogP contribution in [0.3, 0.4) is 0 Å². The molecular weight excluding hydrogens is 491 g/mol. The van der Waals surface area contributed by atoms with Crippen molar-refractivity contribution in [3.63, 3.8) is 0 Å². The van der Waals surface area contributed by atoms with Gasteiger partial charge in [0.1, 0.15) is 29.1 Å². The number of aromatic carboxylic acids is 1. The highest BCUT2D eigenvalue weighted by Gasteiger charge is 2.21. The number of aromatic nitrogens is 1. The first kappa shape index (κ1) is 27.1. The predicted molar refractivity (Wildman–Crippen MR) is 142 cm³/mol. The van der Waals surface area contributed by atoms with E-state index in [-0.39, 0.29) is 23.7 Å². The molecule has 5 N–H and O–H groups in total. The fourth-order valence-electron chi connectivity index (χ4n) is 4.41. The number of aliphatic hydroxyl groups excluding tert-OH is 2. The monoisotopic (exact) mass is 522 g/mol. The molecule has 9 heteroatoms. The number of halogens is 1. The Kier molecular flexibility index (Phi) is 8.62.